The Hall–Kier alpha value is -1.83. The highest BCUT2D eigenvalue weighted by Gasteiger charge is 2.57. The molecular formula is C20H22O6. The van der Waals surface area contributed by atoms with Crippen molar-refractivity contribution in [3.05, 3.63) is 48.0 Å². The third-order valence-electron chi connectivity index (χ3n) is 4.76. The normalized spacial score (nSPS) is 31.0. The van der Waals surface area contributed by atoms with Crippen LogP contribution in [-0.2, 0) is 30.3 Å². The first-order valence-corrected chi connectivity index (χ1v) is 8.70. The molecule has 138 valence electrons. The molecule has 0 saturated carbocycles. The van der Waals surface area contributed by atoms with E-state index in [1.54, 1.807) is 13.8 Å². The molecule has 0 aromatic heterocycles. The molecule has 0 amide bonds. The van der Waals surface area contributed by atoms with Crippen molar-refractivity contribution in [2.75, 3.05) is 0 Å². The summed E-state index contributed by atoms with van der Waals surface area (Å²) in [6.07, 6.45) is -3.43. The van der Waals surface area contributed by atoms with Gasteiger partial charge in [0, 0.05) is 0 Å². The van der Waals surface area contributed by atoms with E-state index in [1.807, 2.05) is 30.3 Å². The highest BCUT2D eigenvalue weighted by molar-refractivity contribution is 5.82. The minimum absolute atomic E-state index is 0.313. The number of aliphatic hydroxyl groups is 1. The first-order valence-electron chi connectivity index (χ1n) is 8.70. The van der Waals surface area contributed by atoms with Crippen molar-refractivity contribution in [1.29, 1.82) is 0 Å². The summed E-state index contributed by atoms with van der Waals surface area (Å²) >= 11 is 0. The maximum Gasteiger partial charge on any atom is 0.190 e. The lowest BCUT2D eigenvalue weighted by atomic mass is 10.1. The van der Waals surface area contributed by atoms with E-state index in [4.69, 9.17) is 18.9 Å². The van der Waals surface area contributed by atoms with E-state index in [0.717, 1.165) is 16.3 Å². The zero-order chi connectivity index (χ0) is 18.3. The van der Waals surface area contributed by atoms with Crippen LogP contribution < -0.4 is 0 Å². The second-order valence-corrected chi connectivity index (χ2v) is 7.15. The zero-order valence-electron chi connectivity index (χ0n) is 14.7. The number of hydrogen-bond donors (Lipinski definition) is 1. The minimum atomic E-state index is -1.29. The number of carbonyl (C=O) groups excluding carboxylic acids is 1. The van der Waals surface area contributed by atoms with E-state index in [0.29, 0.717) is 12.9 Å². The standard InChI is InChI=1S/C20H22O6/c1-20(2)25-18-17(16(15(22)10-21)24-19(18)26-20)23-11-12-7-8-13-5-3-4-6-14(13)9-12/h3-10,15-19,22H,11H2,1-2H3/t15-,16-,17-,18-,19-/m1/s1. The smallest absolute Gasteiger partial charge is 0.190 e. The Labute approximate surface area is 151 Å². The Balaban J connectivity index is 1.52. The van der Waals surface area contributed by atoms with Gasteiger partial charge in [-0.3, -0.25) is 0 Å². The Kier molecular flexibility index (Phi) is 4.54. The van der Waals surface area contributed by atoms with E-state index >= 15 is 0 Å². The molecule has 0 bridgehead atoms. The lowest BCUT2D eigenvalue weighted by molar-refractivity contribution is -0.228. The molecule has 2 aliphatic rings. The number of aliphatic hydroxyl groups excluding tert-OH is 1. The third-order valence-corrected chi connectivity index (χ3v) is 4.76. The fourth-order valence-corrected chi connectivity index (χ4v) is 3.57. The van der Waals surface area contributed by atoms with Gasteiger partial charge in [0.25, 0.3) is 0 Å². The Morgan fingerprint density at radius 2 is 1.96 bits per heavy atom. The van der Waals surface area contributed by atoms with Gasteiger partial charge in [0.1, 0.15) is 24.4 Å². The molecule has 2 aliphatic heterocycles. The van der Waals surface area contributed by atoms with Crippen molar-refractivity contribution < 1.29 is 28.8 Å². The number of fused-ring (bicyclic) bond motifs is 2. The summed E-state index contributed by atoms with van der Waals surface area (Å²) in [6, 6.07) is 14.2. The molecule has 6 heteroatoms. The molecular weight excluding hydrogens is 336 g/mol. The van der Waals surface area contributed by atoms with Crippen LogP contribution in [0.25, 0.3) is 10.8 Å². The van der Waals surface area contributed by atoms with Crippen LogP contribution in [-0.4, -0.2) is 47.9 Å². The monoisotopic (exact) mass is 358 g/mol. The quantitative estimate of drug-likeness (QED) is 0.826. The second-order valence-electron chi connectivity index (χ2n) is 7.15. The molecule has 2 heterocycles. The minimum Gasteiger partial charge on any atom is -0.383 e. The fraction of sp³-hybridized carbons (Fsp3) is 0.450. The van der Waals surface area contributed by atoms with E-state index < -0.39 is 36.5 Å². The summed E-state index contributed by atoms with van der Waals surface area (Å²) in [4.78, 5) is 11.0. The van der Waals surface area contributed by atoms with Crippen LogP contribution in [0.4, 0.5) is 0 Å². The summed E-state index contributed by atoms with van der Waals surface area (Å²) in [5, 5.41) is 12.2. The molecule has 2 aromatic rings. The third kappa shape index (κ3) is 3.26. The highest BCUT2D eigenvalue weighted by atomic mass is 16.8. The van der Waals surface area contributed by atoms with Crippen molar-refractivity contribution in [3.8, 4) is 0 Å². The Morgan fingerprint density at radius 1 is 1.19 bits per heavy atom. The maximum atomic E-state index is 11.0. The average molecular weight is 358 g/mol. The molecule has 1 N–H and O–H groups in total. The topological polar surface area (TPSA) is 74.2 Å². The predicted molar refractivity (Wildman–Crippen MR) is 93.3 cm³/mol. The summed E-state index contributed by atoms with van der Waals surface area (Å²) in [7, 11) is 0. The zero-order valence-corrected chi connectivity index (χ0v) is 14.7. The van der Waals surface area contributed by atoms with Crippen molar-refractivity contribution in [1.82, 2.24) is 0 Å². The molecule has 2 aromatic carbocycles. The van der Waals surface area contributed by atoms with Crippen molar-refractivity contribution >= 4 is 17.1 Å². The number of carbonyl (C=O) groups is 1. The van der Waals surface area contributed by atoms with Gasteiger partial charge in [0.05, 0.1) is 6.61 Å². The van der Waals surface area contributed by atoms with E-state index in [-0.39, 0.29) is 0 Å². The van der Waals surface area contributed by atoms with Crippen molar-refractivity contribution in [2.45, 2.75) is 56.9 Å². The summed E-state index contributed by atoms with van der Waals surface area (Å²) in [5.74, 6) is -0.795. The van der Waals surface area contributed by atoms with Gasteiger partial charge >= 0.3 is 0 Å². The SMILES string of the molecule is CC1(C)O[C@H]2O[C@H]([C@H](O)C=O)[C@@H](OCc3ccc4ccccc4c3)[C@H]2O1. The van der Waals surface area contributed by atoms with Crippen LogP contribution >= 0.6 is 0 Å². The van der Waals surface area contributed by atoms with E-state index in [9.17, 15) is 9.90 Å². The van der Waals surface area contributed by atoms with Crippen LogP contribution in [0.15, 0.2) is 42.5 Å². The molecule has 26 heavy (non-hydrogen) atoms. The molecule has 5 atom stereocenters. The molecule has 2 fully saturated rings. The van der Waals surface area contributed by atoms with Crippen molar-refractivity contribution in [2.24, 2.45) is 0 Å². The molecule has 0 aliphatic carbocycles. The van der Waals surface area contributed by atoms with Gasteiger partial charge in [-0.25, -0.2) is 0 Å². The van der Waals surface area contributed by atoms with Crippen molar-refractivity contribution in [3.63, 3.8) is 0 Å². The number of rotatable bonds is 5. The van der Waals surface area contributed by atoms with Gasteiger partial charge < -0.3 is 28.8 Å². The number of hydrogen-bond acceptors (Lipinski definition) is 6. The second kappa shape index (κ2) is 6.72. The summed E-state index contributed by atoms with van der Waals surface area (Å²) in [5.41, 5.74) is 0.990. The fourth-order valence-electron chi connectivity index (χ4n) is 3.57. The molecule has 0 spiro atoms. The van der Waals surface area contributed by atoms with Gasteiger partial charge in [-0.05, 0) is 36.2 Å². The van der Waals surface area contributed by atoms with Gasteiger partial charge in [-0.15, -0.1) is 0 Å². The molecule has 0 radical (unpaired) electrons. The highest BCUT2D eigenvalue weighted by Crippen LogP contribution is 2.39. The van der Waals surface area contributed by atoms with Gasteiger partial charge in [0.15, 0.2) is 18.4 Å². The van der Waals surface area contributed by atoms with E-state index in [2.05, 4.69) is 12.1 Å². The van der Waals surface area contributed by atoms with Crippen LogP contribution in [0.1, 0.15) is 19.4 Å². The molecule has 2 saturated heterocycles. The predicted octanol–water partition coefficient (Wildman–Crippen LogP) is 2.16. The lowest BCUT2D eigenvalue weighted by Crippen LogP contribution is -2.43. The number of benzene rings is 2. The largest absolute Gasteiger partial charge is 0.383 e. The van der Waals surface area contributed by atoms with Crippen LogP contribution in [0.3, 0.4) is 0 Å². The lowest BCUT2D eigenvalue weighted by Gasteiger charge is -2.27. The van der Waals surface area contributed by atoms with Gasteiger partial charge in [0.2, 0.25) is 0 Å². The first kappa shape index (κ1) is 17.6. The van der Waals surface area contributed by atoms with Gasteiger partial charge in [-0.1, -0.05) is 36.4 Å². The summed E-state index contributed by atoms with van der Waals surface area (Å²) in [6.45, 7) is 3.90. The molecule has 0 unspecified atom stereocenters. The number of ether oxygens (including phenoxy) is 4. The first-order chi connectivity index (χ1) is 12.5. The van der Waals surface area contributed by atoms with Crippen LogP contribution in [0, 0.1) is 0 Å². The average Bonchev–Trinajstić information content (AvgIpc) is 3.11. The summed E-state index contributed by atoms with van der Waals surface area (Å²) < 4.78 is 23.3. The Bertz CT molecular complexity index is 804. The maximum absolute atomic E-state index is 11.0. The molecule has 4 rings (SSSR count). The number of aldehydes is 1. The van der Waals surface area contributed by atoms with Gasteiger partial charge in [-0.2, -0.15) is 0 Å². The Morgan fingerprint density at radius 3 is 2.73 bits per heavy atom. The van der Waals surface area contributed by atoms with Crippen LogP contribution in [0.2, 0.25) is 0 Å². The van der Waals surface area contributed by atoms with E-state index in [1.165, 1.54) is 0 Å². The van der Waals surface area contributed by atoms with Crippen LogP contribution in [0.5, 0.6) is 0 Å². The molecule has 6 nitrogen and oxygen atoms in total.